The van der Waals surface area contributed by atoms with E-state index in [2.05, 4.69) is 9.97 Å². The molecule has 0 amide bonds. The van der Waals surface area contributed by atoms with E-state index in [0.717, 1.165) is 5.56 Å². The molecule has 2 aromatic rings. The average Bonchev–Trinajstić information content (AvgIpc) is 2.32. The van der Waals surface area contributed by atoms with Gasteiger partial charge in [-0.05, 0) is 17.7 Å². The first kappa shape index (κ1) is 10.4. The van der Waals surface area contributed by atoms with Crippen LogP contribution in [0, 0.1) is 0 Å². The maximum atomic E-state index is 11.3. The van der Waals surface area contributed by atoms with Crippen LogP contribution in [0.5, 0.6) is 11.6 Å². The summed E-state index contributed by atoms with van der Waals surface area (Å²) in [5, 5.41) is 0. The van der Waals surface area contributed by atoms with Gasteiger partial charge in [0.25, 0.3) is 5.88 Å². The lowest BCUT2D eigenvalue weighted by Crippen LogP contribution is -2.09. The first-order valence-corrected chi connectivity index (χ1v) is 4.80. The van der Waals surface area contributed by atoms with Gasteiger partial charge in [0.15, 0.2) is 0 Å². The summed E-state index contributed by atoms with van der Waals surface area (Å²) in [7, 11) is 0. The number of nitrogens with zero attached hydrogens (tertiary/aromatic N) is 1. The van der Waals surface area contributed by atoms with Crippen LogP contribution >= 0.6 is 0 Å². The number of nitrogens with one attached hydrogen (secondary N) is 1. The van der Waals surface area contributed by atoms with E-state index in [1.165, 1.54) is 12.4 Å². The summed E-state index contributed by atoms with van der Waals surface area (Å²) < 4.78 is 5.34. The third-order valence-corrected chi connectivity index (χ3v) is 2.02. The molecular weight excluding hydrogens is 206 g/mol. The fraction of sp³-hybridized carbons (Fsp3) is 0.0909. The van der Waals surface area contributed by atoms with E-state index in [4.69, 9.17) is 10.5 Å². The Morgan fingerprint density at radius 1 is 1.44 bits per heavy atom. The summed E-state index contributed by atoms with van der Waals surface area (Å²) in [6, 6.07) is 7.21. The van der Waals surface area contributed by atoms with E-state index in [0.29, 0.717) is 12.3 Å². The minimum Gasteiger partial charge on any atom is -0.435 e. The smallest absolute Gasteiger partial charge is 0.311 e. The minimum atomic E-state index is -0.361. The molecule has 0 atom stereocenters. The molecule has 1 aromatic heterocycles. The Morgan fingerprint density at radius 2 is 2.31 bits per heavy atom. The first-order valence-electron chi connectivity index (χ1n) is 4.80. The summed E-state index contributed by atoms with van der Waals surface area (Å²) >= 11 is 0. The highest BCUT2D eigenvalue weighted by Gasteiger charge is 2.03. The van der Waals surface area contributed by atoms with Crippen molar-refractivity contribution in [2.45, 2.75) is 6.54 Å². The average molecular weight is 217 g/mol. The molecule has 0 fully saturated rings. The zero-order valence-corrected chi connectivity index (χ0v) is 8.51. The number of nitrogens with two attached hydrogens (primary N) is 1. The molecule has 2 rings (SSSR count). The van der Waals surface area contributed by atoms with Crippen LogP contribution in [0.3, 0.4) is 0 Å². The molecule has 1 heterocycles. The topological polar surface area (TPSA) is 81.0 Å². The van der Waals surface area contributed by atoms with E-state index in [1.54, 1.807) is 12.1 Å². The third kappa shape index (κ3) is 2.26. The first-order chi connectivity index (χ1) is 7.79. The van der Waals surface area contributed by atoms with Gasteiger partial charge in [-0.2, -0.15) is 0 Å². The second kappa shape index (κ2) is 4.59. The van der Waals surface area contributed by atoms with Gasteiger partial charge in [0, 0.05) is 18.9 Å². The SMILES string of the molecule is NCc1cccc(Oc2ncc[nH]c2=O)c1. The molecule has 0 unspecified atom stereocenters. The summed E-state index contributed by atoms with van der Waals surface area (Å²) in [6.45, 7) is 0.426. The zero-order chi connectivity index (χ0) is 11.4. The molecule has 16 heavy (non-hydrogen) atoms. The molecule has 0 spiro atoms. The monoisotopic (exact) mass is 217 g/mol. The molecule has 82 valence electrons. The highest BCUT2D eigenvalue weighted by atomic mass is 16.5. The van der Waals surface area contributed by atoms with E-state index in [-0.39, 0.29) is 11.4 Å². The molecular formula is C11H11N3O2. The number of hydrogen-bond donors (Lipinski definition) is 2. The predicted molar refractivity (Wildman–Crippen MR) is 59.3 cm³/mol. The highest BCUT2D eigenvalue weighted by Crippen LogP contribution is 2.17. The quantitative estimate of drug-likeness (QED) is 0.804. The van der Waals surface area contributed by atoms with Crippen molar-refractivity contribution < 1.29 is 4.74 Å². The van der Waals surface area contributed by atoms with Gasteiger partial charge in [0.2, 0.25) is 0 Å². The Hall–Kier alpha value is -2.14. The van der Waals surface area contributed by atoms with Gasteiger partial charge in [-0.25, -0.2) is 4.98 Å². The molecule has 3 N–H and O–H groups in total. The molecule has 0 saturated heterocycles. The van der Waals surface area contributed by atoms with E-state index in [9.17, 15) is 4.79 Å². The maximum absolute atomic E-state index is 11.3. The fourth-order valence-electron chi connectivity index (χ4n) is 1.26. The van der Waals surface area contributed by atoms with Gasteiger partial charge in [-0.15, -0.1) is 0 Å². The summed E-state index contributed by atoms with van der Waals surface area (Å²) in [6.07, 6.45) is 2.91. The number of ether oxygens (including phenoxy) is 1. The summed E-state index contributed by atoms with van der Waals surface area (Å²) in [5.74, 6) is 0.573. The van der Waals surface area contributed by atoms with Crippen molar-refractivity contribution in [2.75, 3.05) is 0 Å². The van der Waals surface area contributed by atoms with Crippen molar-refractivity contribution >= 4 is 0 Å². The molecule has 0 radical (unpaired) electrons. The van der Waals surface area contributed by atoms with Crippen LogP contribution in [0.4, 0.5) is 0 Å². The number of rotatable bonds is 3. The molecule has 5 nitrogen and oxygen atoms in total. The second-order valence-corrected chi connectivity index (χ2v) is 3.18. The van der Waals surface area contributed by atoms with Crippen LogP contribution in [-0.2, 0) is 6.54 Å². The lowest BCUT2D eigenvalue weighted by molar-refractivity contribution is 0.453. The van der Waals surface area contributed by atoms with Crippen LogP contribution in [0.2, 0.25) is 0 Å². The normalized spacial score (nSPS) is 10.1. The maximum Gasteiger partial charge on any atom is 0.311 e. The largest absolute Gasteiger partial charge is 0.435 e. The van der Waals surface area contributed by atoms with Crippen molar-refractivity contribution in [2.24, 2.45) is 5.73 Å². The van der Waals surface area contributed by atoms with Crippen LogP contribution < -0.4 is 16.0 Å². The van der Waals surface area contributed by atoms with Crippen LogP contribution in [0.25, 0.3) is 0 Å². The number of benzene rings is 1. The number of aromatic nitrogens is 2. The number of H-pyrrole nitrogens is 1. The Balaban J connectivity index is 2.27. The predicted octanol–water partition coefficient (Wildman–Crippen LogP) is 1.02. The lowest BCUT2D eigenvalue weighted by atomic mass is 10.2. The highest BCUT2D eigenvalue weighted by molar-refractivity contribution is 5.30. The van der Waals surface area contributed by atoms with Gasteiger partial charge < -0.3 is 15.5 Å². The van der Waals surface area contributed by atoms with Gasteiger partial charge in [0.05, 0.1) is 0 Å². The standard InChI is InChI=1S/C11H11N3O2/c12-7-8-2-1-3-9(6-8)16-11-10(15)13-4-5-14-11/h1-6H,7,12H2,(H,13,15). The Kier molecular flexibility index (Phi) is 2.98. The summed E-state index contributed by atoms with van der Waals surface area (Å²) in [5.41, 5.74) is 6.08. The van der Waals surface area contributed by atoms with Crippen molar-refractivity contribution in [3.8, 4) is 11.6 Å². The van der Waals surface area contributed by atoms with Crippen molar-refractivity contribution in [3.05, 3.63) is 52.6 Å². The van der Waals surface area contributed by atoms with Crippen molar-refractivity contribution in [3.63, 3.8) is 0 Å². The van der Waals surface area contributed by atoms with E-state index >= 15 is 0 Å². The molecule has 0 aliphatic carbocycles. The minimum absolute atomic E-state index is 0.0247. The lowest BCUT2D eigenvalue weighted by Gasteiger charge is -2.04. The molecule has 0 aliphatic heterocycles. The van der Waals surface area contributed by atoms with Gasteiger partial charge >= 0.3 is 5.56 Å². The van der Waals surface area contributed by atoms with Crippen molar-refractivity contribution in [1.29, 1.82) is 0 Å². The zero-order valence-electron chi connectivity index (χ0n) is 8.51. The van der Waals surface area contributed by atoms with Crippen LogP contribution in [0.15, 0.2) is 41.5 Å². The van der Waals surface area contributed by atoms with Gasteiger partial charge in [-0.3, -0.25) is 4.79 Å². The van der Waals surface area contributed by atoms with Gasteiger partial charge in [0.1, 0.15) is 5.75 Å². The van der Waals surface area contributed by atoms with Gasteiger partial charge in [-0.1, -0.05) is 12.1 Å². The molecule has 1 aromatic carbocycles. The molecule has 0 saturated carbocycles. The Morgan fingerprint density at radius 3 is 3.06 bits per heavy atom. The second-order valence-electron chi connectivity index (χ2n) is 3.18. The Bertz CT molecular complexity index is 537. The Labute approximate surface area is 91.9 Å². The van der Waals surface area contributed by atoms with Crippen LogP contribution in [-0.4, -0.2) is 9.97 Å². The van der Waals surface area contributed by atoms with Crippen molar-refractivity contribution in [1.82, 2.24) is 9.97 Å². The number of hydrogen-bond acceptors (Lipinski definition) is 4. The molecule has 0 bridgehead atoms. The fourth-order valence-corrected chi connectivity index (χ4v) is 1.26. The molecule has 0 aliphatic rings. The summed E-state index contributed by atoms with van der Waals surface area (Å²) in [4.78, 5) is 17.6. The third-order valence-electron chi connectivity index (χ3n) is 2.02. The van der Waals surface area contributed by atoms with E-state index in [1.807, 2.05) is 12.1 Å². The van der Waals surface area contributed by atoms with Crippen LogP contribution in [0.1, 0.15) is 5.56 Å². The number of aromatic amines is 1. The molecule has 5 heteroatoms. The van der Waals surface area contributed by atoms with E-state index < -0.39 is 0 Å².